The van der Waals surface area contributed by atoms with Gasteiger partial charge in [-0.3, -0.25) is 0 Å². The molecule has 0 saturated carbocycles. The zero-order valence-corrected chi connectivity index (χ0v) is 7.56. The molecule has 0 atom stereocenters. The van der Waals surface area contributed by atoms with Gasteiger partial charge in [-0.2, -0.15) is 13.2 Å². The molecule has 1 rings (SSSR count). The number of phenolic OH excluding ortho intramolecular Hbond substituents is 1. The second-order valence-electron chi connectivity index (χ2n) is 2.52. The first kappa shape index (κ1) is 11.0. The van der Waals surface area contributed by atoms with Gasteiger partial charge in [0.25, 0.3) is 0 Å². The zero-order valence-electron chi connectivity index (χ0n) is 6.81. The quantitative estimate of drug-likeness (QED) is 0.840. The second-order valence-corrected chi connectivity index (χ2v) is 2.92. The van der Waals surface area contributed by atoms with E-state index in [4.69, 9.17) is 16.7 Å². The van der Waals surface area contributed by atoms with Crippen LogP contribution in [0.2, 0.25) is 5.02 Å². The summed E-state index contributed by atoms with van der Waals surface area (Å²) in [6.07, 6.45) is -4.39. The SMILES string of the molecule is Oc1cc(OCC(F)(F)F)ccc1Cl. The van der Waals surface area contributed by atoms with E-state index in [1.165, 1.54) is 12.1 Å². The number of hydrogen-bond donors (Lipinski definition) is 1. The van der Waals surface area contributed by atoms with Crippen LogP contribution < -0.4 is 4.74 Å². The third-order valence-corrected chi connectivity index (χ3v) is 1.64. The Morgan fingerprint density at radius 1 is 1.36 bits per heavy atom. The van der Waals surface area contributed by atoms with Gasteiger partial charge in [0.2, 0.25) is 0 Å². The molecule has 0 aliphatic carbocycles. The summed E-state index contributed by atoms with van der Waals surface area (Å²) in [4.78, 5) is 0. The van der Waals surface area contributed by atoms with E-state index in [1.54, 1.807) is 0 Å². The van der Waals surface area contributed by atoms with Crippen molar-refractivity contribution in [3.8, 4) is 11.5 Å². The lowest BCUT2D eigenvalue weighted by atomic mass is 10.3. The predicted molar refractivity (Wildman–Crippen MR) is 44.7 cm³/mol. The van der Waals surface area contributed by atoms with Crippen LogP contribution in [0.1, 0.15) is 0 Å². The van der Waals surface area contributed by atoms with Crippen LogP contribution in [-0.4, -0.2) is 17.9 Å². The van der Waals surface area contributed by atoms with Gasteiger partial charge >= 0.3 is 6.18 Å². The Balaban J connectivity index is 2.65. The van der Waals surface area contributed by atoms with Crippen LogP contribution in [-0.2, 0) is 0 Å². The third-order valence-electron chi connectivity index (χ3n) is 1.32. The molecular formula is C8H6ClF3O2. The maximum Gasteiger partial charge on any atom is 0.422 e. The molecule has 0 spiro atoms. The molecule has 0 amide bonds. The molecule has 14 heavy (non-hydrogen) atoms. The first-order valence-corrected chi connectivity index (χ1v) is 3.94. The monoisotopic (exact) mass is 226 g/mol. The van der Waals surface area contributed by atoms with E-state index in [9.17, 15) is 13.2 Å². The van der Waals surface area contributed by atoms with Crippen molar-refractivity contribution in [1.29, 1.82) is 0 Å². The fourth-order valence-electron chi connectivity index (χ4n) is 0.747. The summed E-state index contributed by atoms with van der Waals surface area (Å²) < 4.78 is 39.5. The number of halogens is 4. The summed E-state index contributed by atoms with van der Waals surface area (Å²) in [5, 5.41) is 9.10. The molecule has 2 nitrogen and oxygen atoms in total. The molecule has 0 heterocycles. The standard InChI is InChI=1S/C8H6ClF3O2/c9-6-2-1-5(3-7(6)13)14-4-8(10,11)12/h1-3,13H,4H2. The van der Waals surface area contributed by atoms with Gasteiger partial charge in [-0.05, 0) is 12.1 Å². The Hall–Kier alpha value is -1.10. The molecule has 0 saturated heterocycles. The lowest BCUT2D eigenvalue weighted by Crippen LogP contribution is -2.19. The molecule has 0 unspecified atom stereocenters. The van der Waals surface area contributed by atoms with Crippen LogP contribution >= 0.6 is 11.6 Å². The lowest BCUT2D eigenvalue weighted by molar-refractivity contribution is -0.153. The van der Waals surface area contributed by atoms with Gasteiger partial charge in [0, 0.05) is 6.07 Å². The van der Waals surface area contributed by atoms with Crippen molar-refractivity contribution in [3.63, 3.8) is 0 Å². The zero-order chi connectivity index (χ0) is 10.8. The van der Waals surface area contributed by atoms with E-state index in [-0.39, 0.29) is 16.5 Å². The molecule has 0 fully saturated rings. The number of phenols is 1. The highest BCUT2D eigenvalue weighted by Gasteiger charge is 2.28. The minimum absolute atomic E-state index is 0.0596. The summed E-state index contributed by atoms with van der Waals surface area (Å²) in [6, 6.07) is 3.52. The normalized spacial score (nSPS) is 11.4. The van der Waals surface area contributed by atoms with Crippen LogP contribution in [0.4, 0.5) is 13.2 Å². The average molecular weight is 227 g/mol. The topological polar surface area (TPSA) is 29.5 Å². The molecule has 0 aromatic heterocycles. The number of benzene rings is 1. The van der Waals surface area contributed by atoms with E-state index in [2.05, 4.69) is 4.74 Å². The van der Waals surface area contributed by atoms with Gasteiger partial charge in [0.05, 0.1) is 5.02 Å². The predicted octanol–water partition coefficient (Wildman–Crippen LogP) is 2.99. The summed E-state index contributed by atoms with van der Waals surface area (Å²) in [7, 11) is 0. The Labute approximate surface area is 82.9 Å². The van der Waals surface area contributed by atoms with Gasteiger partial charge in [-0.25, -0.2) is 0 Å². The van der Waals surface area contributed by atoms with Gasteiger partial charge in [-0.15, -0.1) is 0 Å². The summed E-state index contributed by atoms with van der Waals surface area (Å²) in [5.74, 6) is -0.393. The number of aromatic hydroxyl groups is 1. The van der Waals surface area contributed by atoms with Gasteiger partial charge in [-0.1, -0.05) is 11.6 Å². The van der Waals surface area contributed by atoms with E-state index >= 15 is 0 Å². The Morgan fingerprint density at radius 3 is 2.50 bits per heavy atom. The molecule has 0 bridgehead atoms. The van der Waals surface area contributed by atoms with E-state index in [1.807, 2.05) is 0 Å². The maximum atomic E-state index is 11.7. The number of rotatable bonds is 2. The summed E-state index contributed by atoms with van der Waals surface area (Å²) >= 11 is 5.44. The highest BCUT2D eigenvalue weighted by molar-refractivity contribution is 6.32. The van der Waals surface area contributed by atoms with Gasteiger partial charge < -0.3 is 9.84 Å². The fraction of sp³-hybridized carbons (Fsp3) is 0.250. The van der Waals surface area contributed by atoms with Crippen molar-refractivity contribution in [2.45, 2.75) is 6.18 Å². The number of hydrogen-bond acceptors (Lipinski definition) is 2. The van der Waals surface area contributed by atoms with Crippen LogP contribution in [0, 0.1) is 0 Å². The molecule has 6 heteroatoms. The van der Waals surface area contributed by atoms with Crippen LogP contribution in [0.3, 0.4) is 0 Å². The van der Waals surface area contributed by atoms with Crippen LogP contribution in [0.5, 0.6) is 11.5 Å². The Kier molecular flexibility index (Phi) is 3.10. The van der Waals surface area contributed by atoms with E-state index in [0.717, 1.165) is 6.07 Å². The van der Waals surface area contributed by atoms with Crippen molar-refractivity contribution in [2.24, 2.45) is 0 Å². The molecule has 78 valence electrons. The first-order chi connectivity index (χ1) is 6.38. The average Bonchev–Trinajstić information content (AvgIpc) is 2.06. The van der Waals surface area contributed by atoms with E-state index in [0.29, 0.717) is 0 Å². The molecule has 0 aliphatic rings. The van der Waals surface area contributed by atoms with E-state index < -0.39 is 12.8 Å². The third kappa shape index (κ3) is 3.33. The highest BCUT2D eigenvalue weighted by atomic mass is 35.5. The minimum Gasteiger partial charge on any atom is -0.506 e. The summed E-state index contributed by atoms with van der Waals surface area (Å²) in [6.45, 7) is -1.39. The van der Waals surface area contributed by atoms with Gasteiger partial charge in [0.1, 0.15) is 11.5 Å². The van der Waals surface area contributed by atoms with Crippen molar-refractivity contribution in [2.75, 3.05) is 6.61 Å². The van der Waals surface area contributed by atoms with Crippen molar-refractivity contribution >= 4 is 11.6 Å². The van der Waals surface area contributed by atoms with Crippen LogP contribution in [0.15, 0.2) is 18.2 Å². The molecule has 0 aliphatic heterocycles. The van der Waals surface area contributed by atoms with Crippen molar-refractivity contribution in [1.82, 2.24) is 0 Å². The Bertz CT molecular complexity index is 325. The molecule has 1 N–H and O–H groups in total. The highest BCUT2D eigenvalue weighted by Crippen LogP contribution is 2.28. The first-order valence-electron chi connectivity index (χ1n) is 3.56. The number of alkyl halides is 3. The minimum atomic E-state index is -4.39. The van der Waals surface area contributed by atoms with Crippen LogP contribution in [0.25, 0.3) is 0 Å². The van der Waals surface area contributed by atoms with Crippen molar-refractivity contribution in [3.05, 3.63) is 23.2 Å². The second kappa shape index (κ2) is 3.96. The molecule has 0 radical (unpaired) electrons. The molecule has 1 aromatic carbocycles. The maximum absolute atomic E-state index is 11.7. The lowest BCUT2D eigenvalue weighted by Gasteiger charge is -2.09. The summed E-state index contributed by atoms with van der Waals surface area (Å²) in [5.41, 5.74) is 0. The van der Waals surface area contributed by atoms with Gasteiger partial charge in [0.15, 0.2) is 6.61 Å². The fourth-order valence-corrected chi connectivity index (χ4v) is 0.865. The molecule has 1 aromatic rings. The molecular weight excluding hydrogens is 221 g/mol. The number of ether oxygens (including phenoxy) is 1. The van der Waals surface area contributed by atoms with Crippen molar-refractivity contribution < 1.29 is 23.0 Å². The smallest absolute Gasteiger partial charge is 0.422 e. The Morgan fingerprint density at radius 2 is 2.00 bits per heavy atom. The largest absolute Gasteiger partial charge is 0.506 e.